The van der Waals surface area contributed by atoms with Crippen molar-refractivity contribution >= 4 is 11.9 Å². The van der Waals surface area contributed by atoms with E-state index >= 15 is 0 Å². The summed E-state index contributed by atoms with van der Waals surface area (Å²) in [7, 11) is 1.45. The predicted octanol–water partition coefficient (Wildman–Crippen LogP) is 1.91. The number of esters is 1. The van der Waals surface area contributed by atoms with Crippen molar-refractivity contribution in [3.8, 4) is 11.4 Å². The molecule has 1 aromatic heterocycles. The van der Waals surface area contributed by atoms with Gasteiger partial charge in [0, 0.05) is 13.1 Å². The molecule has 1 heterocycles. The molecule has 2 rings (SSSR count). The lowest BCUT2D eigenvalue weighted by Gasteiger charge is -2.18. The maximum atomic E-state index is 12.2. The van der Waals surface area contributed by atoms with Gasteiger partial charge in [-0.15, -0.1) is 0 Å². The van der Waals surface area contributed by atoms with E-state index in [1.807, 2.05) is 44.2 Å². The number of aromatic nitrogens is 2. The number of carbonyl (C=O) groups is 2. The number of carbonyl (C=O) groups excluding carboxylic acids is 2. The Hall–Kier alpha value is -2.83. The zero-order chi connectivity index (χ0) is 17.5. The molecule has 0 radical (unpaired) electrons. The number of rotatable bonds is 7. The number of ether oxygens (including phenoxy) is 2. The summed E-state index contributed by atoms with van der Waals surface area (Å²) in [5.41, 5.74) is 0.822. The first-order chi connectivity index (χ1) is 11.6. The first kappa shape index (κ1) is 17.5. The second-order valence-corrected chi connectivity index (χ2v) is 4.97. The van der Waals surface area contributed by atoms with Gasteiger partial charge >= 0.3 is 5.97 Å². The van der Waals surface area contributed by atoms with Crippen molar-refractivity contribution in [1.82, 2.24) is 14.7 Å². The van der Waals surface area contributed by atoms with Crippen LogP contribution in [-0.2, 0) is 9.53 Å². The van der Waals surface area contributed by atoms with Crippen LogP contribution in [0.1, 0.15) is 24.3 Å². The molecule has 1 aromatic carbocycles. The minimum absolute atomic E-state index is 0.0358. The van der Waals surface area contributed by atoms with E-state index in [2.05, 4.69) is 5.10 Å². The largest absolute Gasteiger partial charge is 0.493 e. The Morgan fingerprint density at radius 3 is 2.42 bits per heavy atom. The Morgan fingerprint density at radius 1 is 1.17 bits per heavy atom. The Labute approximate surface area is 140 Å². The van der Waals surface area contributed by atoms with Crippen LogP contribution in [0.2, 0.25) is 0 Å². The smallest absolute Gasteiger partial charge is 0.363 e. The van der Waals surface area contributed by atoms with Gasteiger partial charge in [-0.1, -0.05) is 18.2 Å². The normalized spacial score (nSPS) is 10.3. The number of hydrogen-bond acceptors (Lipinski definition) is 5. The van der Waals surface area contributed by atoms with Gasteiger partial charge in [-0.2, -0.15) is 5.10 Å². The number of amides is 1. The van der Waals surface area contributed by atoms with E-state index in [1.54, 1.807) is 11.1 Å². The van der Waals surface area contributed by atoms with Crippen LogP contribution in [0.5, 0.6) is 5.75 Å². The van der Waals surface area contributed by atoms with Crippen LogP contribution in [0.3, 0.4) is 0 Å². The molecule has 0 fully saturated rings. The molecule has 0 N–H and O–H groups in total. The fourth-order valence-electron chi connectivity index (χ4n) is 2.23. The molecule has 1 amide bonds. The maximum Gasteiger partial charge on any atom is 0.363 e. The van der Waals surface area contributed by atoms with Gasteiger partial charge in [0.2, 0.25) is 5.69 Å². The molecule has 0 spiro atoms. The van der Waals surface area contributed by atoms with Gasteiger partial charge in [-0.3, -0.25) is 4.79 Å². The van der Waals surface area contributed by atoms with E-state index in [9.17, 15) is 9.59 Å². The Kier molecular flexibility index (Phi) is 5.95. The summed E-state index contributed by atoms with van der Waals surface area (Å²) in [5.74, 6) is -0.643. The number of para-hydroxylation sites is 1. The zero-order valence-corrected chi connectivity index (χ0v) is 14.1. The molecule has 0 aliphatic heterocycles. The number of methoxy groups -OCH3 is 1. The minimum Gasteiger partial charge on any atom is -0.493 e. The van der Waals surface area contributed by atoms with Crippen LogP contribution in [0.25, 0.3) is 5.69 Å². The number of benzene rings is 1. The van der Waals surface area contributed by atoms with Crippen molar-refractivity contribution in [3.63, 3.8) is 0 Å². The molecule has 7 nitrogen and oxygen atoms in total. The van der Waals surface area contributed by atoms with E-state index < -0.39 is 5.97 Å². The van der Waals surface area contributed by atoms with E-state index in [4.69, 9.17) is 9.47 Å². The summed E-state index contributed by atoms with van der Waals surface area (Å²) in [5, 5.41) is 4.21. The molecular weight excluding hydrogens is 310 g/mol. The summed E-state index contributed by atoms with van der Waals surface area (Å²) >= 11 is 0. The van der Waals surface area contributed by atoms with Crippen LogP contribution in [0.4, 0.5) is 0 Å². The highest BCUT2D eigenvalue weighted by Crippen LogP contribution is 2.20. The van der Waals surface area contributed by atoms with Gasteiger partial charge in [0.1, 0.15) is 0 Å². The summed E-state index contributed by atoms with van der Waals surface area (Å²) in [6.07, 6.45) is 1.60. The average Bonchev–Trinajstić information content (AvgIpc) is 3.06. The monoisotopic (exact) mass is 331 g/mol. The van der Waals surface area contributed by atoms with Crippen LogP contribution in [0.15, 0.2) is 36.5 Å². The highest BCUT2D eigenvalue weighted by Gasteiger charge is 2.21. The third kappa shape index (κ3) is 3.92. The molecular formula is C17H21N3O4. The quantitative estimate of drug-likeness (QED) is 0.725. The lowest BCUT2D eigenvalue weighted by Crippen LogP contribution is -2.34. The minimum atomic E-state index is -0.693. The van der Waals surface area contributed by atoms with Crippen molar-refractivity contribution < 1.29 is 19.1 Å². The lowest BCUT2D eigenvalue weighted by atomic mass is 10.3. The first-order valence-electron chi connectivity index (χ1n) is 7.74. The van der Waals surface area contributed by atoms with Crippen LogP contribution in [0, 0.1) is 0 Å². The Balaban J connectivity index is 2.12. The third-order valence-corrected chi connectivity index (χ3v) is 3.56. The number of nitrogens with zero attached hydrogens (tertiary/aromatic N) is 3. The highest BCUT2D eigenvalue weighted by atomic mass is 16.5. The molecule has 0 aliphatic carbocycles. The van der Waals surface area contributed by atoms with Gasteiger partial charge in [0.15, 0.2) is 12.4 Å². The molecule has 24 heavy (non-hydrogen) atoms. The maximum absolute atomic E-state index is 12.2. The van der Waals surface area contributed by atoms with E-state index in [0.29, 0.717) is 18.8 Å². The van der Waals surface area contributed by atoms with Crippen molar-refractivity contribution in [1.29, 1.82) is 0 Å². The SMILES string of the molecule is CCN(CC)C(=O)COC(=O)c1nn(-c2ccccc2)cc1OC. The summed E-state index contributed by atoms with van der Waals surface area (Å²) in [4.78, 5) is 25.7. The third-order valence-electron chi connectivity index (χ3n) is 3.56. The molecule has 0 aliphatic rings. The van der Waals surface area contributed by atoms with Crippen LogP contribution in [-0.4, -0.2) is 53.4 Å². The number of likely N-dealkylation sites (N-methyl/N-ethyl adjacent to an activating group) is 1. The van der Waals surface area contributed by atoms with Crippen molar-refractivity contribution in [2.45, 2.75) is 13.8 Å². The van der Waals surface area contributed by atoms with Gasteiger partial charge in [-0.05, 0) is 26.0 Å². The van der Waals surface area contributed by atoms with Crippen molar-refractivity contribution in [3.05, 3.63) is 42.2 Å². The molecule has 2 aromatic rings. The topological polar surface area (TPSA) is 73.7 Å². The van der Waals surface area contributed by atoms with Crippen molar-refractivity contribution in [2.75, 3.05) is 26.8 Å². The van der Waals surface area contributed by atoms with E-state index in [0.717, 1.165) is 5.69 Å². The highest BCUT2D eigenvalue weighted by molar-refractivity contribution is 5.92. The second-order valence-electron chi connectivity index (χ2n) is 4.97. The summed E-state index contributed by atoms with van der Waals surface area (Å²) < 4.78 is 11.8. The van der Waals surface area contributed by atoms with Gasteiger partial charge in [0.05, 0.1) is 19.0 Å². The zero-order valence-electron chi connectivity index (χ0n) is 14.1. The Morgan fingerprint density at radius 2 is 1.83 bits per heavy atom. The Bertz CT molecular complexity index is 693. The average molecular weight is 331 g/mol. The molecule has 128 valence electrons. The number of hydrogen-bond donors (Lipinski definition) is 0. The molecule has 0 unspecified atom stereocenters. The fourth-order valence-corrected chi connectivity index (χ4v) is 2.23. The standard InChI is InChI=1S/C17H21N3O4/c1-4-19(5-2)15(21)12-24-17(22)16-14(23-3)11-20(18-16)13-9-7-6-8-10-13/h6-11H,4-5,12H2,1-3H3. The molecule has 0 atom stereocenters. The van der Waals surface area contributed by atoms with Gasteiger partial charge in [-0.25, -0.2) is 9.48 Å². The van der Waals surface area contributed by atoms with Crippen LogP contribution >= 0.6 is 0 Å². The predicted molar refractivity (Wildman–Crippen MR) is 88.3 cm³/mol. The van der Waals surface area contributed by atoms with Gasteiger partial charge < -0.3 is 14.4 Å². The van der Waals surface area contributed by atoms with E-state index in [1.165, 1.54) is 11.8 Å². The first-order valence-corrected chi connectivity index (χ1v) is 7.74. The van der Waals surface area contributed by atoms with Crippen molar-refractivity contribution in [2.24, 2.45) is 0 Å². The summed E-state index contributed by atoms with van der Waals surface area (Å²) in [6.45, 7) is 4.56. The second kappa shape index (κ2) is 8.14. The summed E-state index contributed by atoms with van der Waals surface area (Å²) in [6, 6.07) is 9.32. The van der Waals surface area contributed by atoms with E-state index in [-0.39, 0.29) is 18.2 Å². The molecule has 7 heteroatoms. The molecule has 0 saturated carbocycles. The molecule has 0 bridgehead atoms. The lowest BCUT2D eigenvalue weighted by molar-refractivity contribution is -0.134. The molecule has 0 saturated heterocycles. The van der Waals surface area contributed by atoms with Crippen LogP contribution < -0.4 is 4.74 Å². The van der Waals surface area contributed by atoms with Gasteiger partial charge in [0.25, 0.3) is 5.91 Å². The fraction of sp³-hybridized carbons (Fsp3) is 0.353.